The lowest BCUT2D eigenvalue weighted by Crippen LogP contribution is -2.40. The van der Waals surface area contributed by atoms with Gasteiger partial charge in [-0.25, -0.2) is 0 Å². The molecule has 72 valence electrons. The molecule has 0 aliphatic carbocycles. The lowest BCUT2D eigenvalue weighted by Gasteiger charge is -2.27. The molecule has 0 aliphatic heterocycles. The van der Waals surface area contributed by atoms with Crippen LogP contribution in [0.15, 0.2) is 12.7 Å². The second-order valence-electron chi connectivity index (χ2n) is 3.41. The molecule has 0 saturated carbocycles. The molecular weight excluding hydrogens is 168 g/mol. The molecule has 0 aromatic rings. The molecule has 0 atom stereocenters. The molecule has 0 rings (SSSR count). The second kappa shape index (κ2) is 5.51. The first-order valence-electron chi connectivity index (χ1n) is 4.31. The van der Waals surface area contributed by atoms with Crippen LogP contribution in [-0.2, 0) is 8.85 Å². The molecule has 0 aromatic heterocycles. The average molecular weight is 188 g/mol. The zero-order valence-electron chi connectivity index (χ0n) is 8.59. The van der Waals surface area contributed by atoms with Crippen LogP contribution in [-0.4, -0.2) is 22.8 Å². The second-order valence-corrected chi connectivity index (χ2v) is 6.86. The summed E-state index contributed by atoms with van der Waals surface area (Å²) >= 11 is 0. The summed E-state index contributed by atoms with van der Waals surface area (Å²) < 4.78 is 11.0. The monoisotopic (exact) mass is 188 g/mol. The van der Waals surface area contributed by atoms with Crippen LogP contribution in [0.25, 0.3) is 0 Å². The van der Waals surface area contributed by atoms with Crippen LogP contribution in [0.3, 0.4) is 0 Å². The Balaban J connectivity index is 4.23. The van der Waals surface area contributed by atoms with Gasteiger partial charge in [-0.05, 0) is 12.0 Å². The SMILES string of the molecule is C=CC[Si](CC(C)C)(OC)OC. The normalized spacial score (nSPS) is 12.1. The van der Waals surface area contributed by atoms with Crippen molar-refractivity contribution in [3.63, 3.8) is 0 Å². The van der Waals surface area contributed by atoms with Crippen molar-refractivity contribution in [2.75, 3.05) is 14.2 Å². The summed E-state index contributed by atoms with van der Waals surface area (Å²) in [6.45, 7) is 8.09. The largest absolute Gasteiger partial charge is 0.397 e. The smallest absolute Gasteiger partial charge is 0.341 e. The van der Waals surface area contributed by atoms with Gasteiger partial charge in [0.05, 0.1) is 0 Å². The van der Waals surface area contributed by atoms with Crippen LogP contribution < -0.4 is 0 Å². The molecule has 3 heteroatoms. The highest BCUT2D eigenvalue weighted by atomic mass is 28.4. The lowest BCUT2D eigenvalue weighted by molar-refractivity contribution is 0.239. The van der Waals surface area contributed by atoms with Crippen molar-refractivity contribution in [3.05, 3.63) is 12.7 Å². The molecule has 0 radical (unpaired) electrons. The van der Waals surface area contributed by atoms with Crippen molar-refractivity contribution in [2.24, 2.45) is 5.92 Å². The topological polar surface area (TPSA) is 18.5 Å². The molecule has 0 fully saturated rings. The van der Waals surface area contributed by atoms with E-state index in [2.05, 4.69) is 20.4 Å². The number of hydrogen-bond acceptors (Lipinski definition) is 2. The first kappa shape index (κ1) is 11.9. The van der Waals surface area contributed by atoms with E-state index >= 15 is 0 Å². The van der Waals surface area contributed by atoms with Gasteiger partial charge in [0.2, 0.25) is 0 Å². The van der Waals surface area contributed by atoms with Gasteiger partial charge in [0.25, 0.3) is 0 Å². The first-order valence-corrected chi connectivity index (χ1v) is 6.54. The van der Waals surface area contributed by atoms with Gasteiger partial charge in [-0.3, -0.25) is 0 Å². The van der Waals surface area contributed by atoms with E-state index in [9.17, 15) is 0 Å². The molecule has 0 heterocycles. The van der Waals surface area contributed by atoms with Gasteiger partial charge >= 0.3 is 8.56 Å². The predicted molar refractivity (Wildman–Crippen MR) is 54.4 cm³/mol. The van der Waals surface area contributed by atoms with Crippen LogP contribution in [0, 0.1) is 5.92 Å². The summed E-state index contributed by atoms with van der Waals surface area (Å²) in [5.74, 6) is 0.622. The Kier molecular flexibility index (Phi) is 5.45. The van der Waals surface area contributed by atoms with Crippen molar-refractivity contribution in [2.45, 2.75) is 25.9 Å². The van der Waals surface area contributed by atoms with E-state index in [-0.39, 0.29) is 0 Å². The maximum absolute atomic E-state index is 5.48. The van der Waals surface area contributed by atoms with Crippen LogP contribution >= 0.6 is 0 Å². The Bertz CT molecular complexity index is 130. The standard InChI is InChI=1S/C9H20O2Si/c1-6-7-12(10-4,11-5)8-9(2)3/h6,9H,1,7-8H2,2-5H3. The summed E-state index contributed by atoms with van der Waals surface area (Å²) in [6.07, 6.45) is 1.89. The average Bonchev–Trinajstić information content (AvgIpc) is 2.03. The fraction of sp³-hybridized carbons (Fsp3) is 0.778. The van der Waals surface area contributed by atoms with Crippen molar-refractivity contribution < 1.29 is 8.85 Å². The summed E-state index contributed by atoms with van der Waals surface area (Å²) in [5, 5.41) is 0. The molecule has 0 N–H and O–H groups in total. The maximum Gasteiger partial charge on any atom is 0.341 e. The third kappa shape index (κ3) is 3.52. The summed E-state index contributed by atoms with van der Waals surface area (Å²) in [4.78, 5) is 0. The lowest BCUT2D eigenvalue weighted by atomic mass is 10.3. The Labute approximate surface area is 76.8 Å². The van der Waals surface area contributed by atoms with Gasteiger partial charge < -0.3 is 8.85 Å². The summed E-state index contributed by atoms with van der Waals surface area (Å²) in [6, 6.07) is 1.91. The van der Waals surface area contributed by atoms with Gasteiger partial charge in [-0.1, -0.05) is 19.9 Å². The predicted octanol–water partition coefficient (Wildman–Crippen LogP) is 2.56. The Morgan fingerprint density at radius 3 is 2.08 bits per heavy atom. The van der Waals surface area contributed by atoms with Crippen molar-refractivity contribution >= 4 is 8.56 Å². The molecule has 12 heavy (non-hydrogen) atoms. The third-order valence-electron chi connectivity index (χ3n) is 1.92. The molecule has 0 amide bonds. The van der Waals surface area contributed by atoms with E-state index in [1.54, 1.807) is 14.2 Å². The molecular formula is C9H20O2Si. The molecule has 0 aliphatic rings. The number of hydrogen-bond donors (Lipinski definition) is 0. The van der Waals surface area contributed by atoms with Crippen LogP contribution in [0.5, 0.6) is 0 Å². The van der Waals surface area contributed by atoms with E-state index in [0.29, 0.717) is 5.92 Å². The summed E-state index contributed by atoms with van der Waals surface area (Å²) in [7, 11) is 1.55. The minimum Gasteiger partial charge on any atom is -0.397 e. The molecule has 0 bridgehead atoms. The van der Waals surface area contributed by atoms with Gasteiger partial charge in [0, 0.05) is 20.3 Å². The van der Waals surface area contributed by atoms with Gasteiger partial charge in [0.15, 0.2) is 0 Å². The van der Waals surface area contributed by atoms with Gasteiger partial charge in [-0.2, -0.15) is 0 Å². The maximum atomic E-state index is 5.48. The number of rotatable bonds is 6. The minimum absolute atomic E-state index is 0.622. The molecule has 0 aromatic carbocycles. The minimum atomic E-state index is -1.92. The van der Waals surface area contributed by atoms with Crippen molar-refractivity contribution in [3.8, 4) is 0 Å². The zero-order chi connectivity index (χ0) is 9.61. The van der Waals surface area contributed by atoms with Crippen LogP contribution in [0.2, 0.25) is 12.1 Å². The van der Waals surface area contributed by atoms with Crippen molar-refractivity contribution in [1.29, 1.82) is 0 Å². The van der Waals surface area contributed by atoms with E-state index in [4.69, 9.17) is 8.85 Å². The highest BCUT2D eigenvalue weighted by Crippen LogP contribution is 2.22. The number of allylic oxidation sites excluding steroid dienone is 1. The van der Waals surface area contributed by atoms with E-state index < -0.39 is 8.56 Å². The zero-order valence-corrected chi connectivity index (χ0v) is 9.59. The fourth-order valence-electron chi connectivity index (χ4n) is 1.34. The highest BCUT2D eigenvalue weighted by molar-refractivity contribution is 6.67. The third-order valence-corrected chi connectivity index (χ3v) is 5.76. The fourth-order valence-corrected chi connectivity index (χ4v) is 4.03. The molecule has 0 saturated heterocycles. The first-order chi connectivity index (χ1) is 5.60. The van der Waals surface area contributed by atoms with E-state index in [1.165, 1.54) is 0 Å². The molecule has 0 unspecified atom stereocenters. The highest BCUT2D eigenvalue weighted by Gasteiger charge is 2.34. The Morgan fingerprint density at radius 1 is 1.33 bits per heavy atom. The molecule has 0 spiro atoms. The van der Waals surface area contributed by atoms with Crippen molar-refractivity contribution in [1.82, 2.24) is 0 Å². The summed E-state index contributed by atoms with van der Waals surface area (Å²) in [5.41, 5.74) is 0. The quantitative estimate of drug-likeness (QED) is 0.471. The molecule has 2 nitrogen and oxygen atoms in total. The Morgan fingerprint density at radius 2 is 1.83 bits per heavy atom. The van der Waals surface area contributed by atoms with E-state index in [0.717, 1.165) is 12.1 Å². The van der Waals surface area contributed by atoms with Crippen LogP contribution in [0.1, 0.15) is 13.8 Å². The van der Waals surface area contributed by atoms with Crippen LogP contribution in [0.4, 0.5) is 0 Å². The Hall–Kier alpha value is -0.123. The van der Waals surface area contributed by atoms with E-state index in [1.807, 2.05) is 6.08 Å². The van der Waals surface area contributed by atoms with Gasteiger partial charge in [0.1, 0.15) is 0 Å². The van der Waals surface area contributed by atoms with Gasteiger partial charge in [-0.15, -0.1) is 6.58 Å².